The average molecular weight is 552 g/mol. The Bertz CT molecular complexity index is 1710. The fraction of sp³-hybridized carbons (Fsp3) is 0.296. The predicted molar refractivity (Wildman–Crippen MR) is 139 cm³/mol. The summed E-state index contributed by atoms with van der Waals surface area (Å²) in [6.45, 7) is 0.315. The van der Waals surface area contributed by atoms with Crippen LogP contribution in [0.3, 0.4) is 0 Å². The number of imidazole rings is 1. The molecular weight excluding hydrogens is 527 g/mol. The summed E-state index contributed by atoms with van der Waals surface area (Å²) in [6, 6.07) is 6.96. The molecule has 1 N–H and O–H groups in total. The van der Waals surface area contributed by atoms with E-state index in [1.165, 1.54) is 31.3 Å². The molecule has 6 rings (SSSR count). The highest BCUT2D eigenvalue weighted by Gasteiger charge is 2.35. The lowest BCUT2D eigenvalue weighted by molar-refractivity contribution is -0.140. The summed E-state index contributed by atoms with van der Waals surface area (Å²) < 4.78 is 57.6. The number of anilines is 1. The molecule has 1 saturated carbocycles. The summed E-state index contributed by atoms with van der Waals surface area (Å²) in [7, 11) is 4.51. The zero-order valence-corrected chi connectivity index (χ0v) is 21.8. The number of benzene rings is 1. The summed E-state index contributed by atoms with van der Waals surface area (Å²) in [5, 5.41) is 3.30. The van der Waals surface area contributed by atoms with Crippen LogP contribution < -0.4 is 14.8 Å². The number of hydrogen-bond acceptors (Lipinski definition) is 9. The molecule has 1 fully saturated rings. The maximum atomic E-state index is 13.2. The first-order valence-electron chi connectivity index (χ1n) is 12.4. The number of alkyl halides is 3. The molecule has 0 unspecified atom stereocenters. The van der Waals surface area contributed by atoms with Crippen molar-refractivity contribution >= 4 is 16.9 Å². The molecule has 1 aliphatic carbocycles. The smallest absolute Gasteiger partial charge is 0.434 e. The SMILES string of the molecule is COc1cc(CNc2nc(-c3c(OC)ncnc3C3CC3)nc3ccoc23)ccc1-c1nc(C(F)(F)F)cn1C. The van der Waals surface area contributed by atoms with E-state index in [9.17, 15) is 13.2 Å². The predicted octanol–water partition coefficient (Wildman–Crippen LogP) is 5.61. The fourth-order valence-electron chi connectivity index (χ4n) is 4.58. The van der Waals surface area contributed by atoms with E-state index in [2.05, 4.69) is 25.3 Å². The second-order valence-corrected chi connectivity index (χ2v) is 9.39. The third kappa shape index (κ3) is 4.67. The molecule has 0 saturated heterocycles. The highest BCUT2D eigenvalue weighted by Crippen LogP contribution is 2.45. The van der Waals surface area contributed by atoms with Crippen molar-refractivity contribution in [2.45, 2.75) is 31.5 Å². The molecule has 0 amide bonds. The maximum absolute atomic E-state index is 13.2. The number of nitrogens with one attached hydrogen (secondary N) is 1. The molecule has 0 atom stereocenters. The first-order valence-corrected chi connectivity index (χ1v) is 12.4. The third-order valence-corrected chi connectivity index (χ3v) is 6.66. The Labute approximate surface area is 226 Å². The Morgan fingerprint density at radius 2 is 1.90 bits per heavy atom. The number of aromatic nitrogens is 6. The van der Waals surface area contributed by atoms with Crippen LogP contribution in [0.4, 0.5) is 19.0 Å². The molecule has 1 aliphatic rings. The summed E-state index contributed by atoms with van der Waals surface area (Å²) in [5.41, 5.74) is 2.84. The van der Waals surface area contributed by atoms with Crippen LogP contribution in [0.5, 0.6) is 11.6 Å². The van der Waals surface area contributed by atoms with Crippen molar-refractivity contribution in [3.63, 3.8) is 0 Å². The Kier molecular flexibility index (Phi) is 6.28. The normalized spacial score (nSPS) is 13.6. The number of halogens is 3. The van der Waals surface area contributed by atoms with Gasteiger partial charge in [0.15, 0.2) is 22.9 Å². The van der Waals surface area contributed by atoms with Crippen LogP contribution in [0.25, 0.3) is 33.9 Å². The van der Waals surface area contributed by atoms with E-state index in [-0.39, 0.29) is 5.82 Å². The minimum absolute atomic E-state index is 0.145. The third-order valence-electron chi connectivity index (χ3n) is 6.66. The van der Waals surface area contributed by atoms with E-state index in [0.717, 1.165) is 30.3 Å². The number of hydrogen-bond donors (Lipinski definition) is 1. The van der Waals surface area contributed by atoms with Gasteiger partial charge in [-0.2, -0.15) is 13.2 Å². The second-order valence-electron chi connectivity index (χ2n) is 9.39. The number of aryl methyl sites for hydroxylation is 1. The van der Waals surface area contributed by atoms with E-state index in [1.54, 1.807) is 31.4 Å². The van der Waals surface area contributed by atoms with Crippen LogP contribution in [0.2, 0.25) is 0 Å². The molecule has 4 heterocycles. The molecule has 0 bridgehead atoms. The standard InChI is InChI=1S/C27H24F3N7O3/c1-37-12-19(27(28,29)30)35-25(37)16-7-4-14(10-18(16)38-2)11-31-24-22-17(8-9-40-22)34-23(36-24)20-21(15-5-6-15)32-13-33-26(20)39-3/h4,7-10,12-13,15H,5-6,11H2,1-3H3,(H,31,34,36). The molecule has 206 valence electrons. The van der Waals surface area contributed by atoms with Gasteiger partial charge in [-0.3, -0.25) is 0 Å². The Morgan fingerprint density at radius 3 is 2.60 bits per heavy atom. The van der Waals surface area contributed by atoms with E-state index in [0.29, 0.717) is 58.0 Å². The Balaban J connectivity index is 1.32. The fourth-order valence-corrected chi connectivity index (χ4v) is 4.58. The molecule has 4 aromatic heterocycles. The minimum Gasteiger partial charge on any atom is -0.496 e. The first kappa shape index (κ1) is 25.6. The Hall–Kier alpha value is -4.68. The summed E-state index contributed by atoms with van der Waals surface area (Å²) in [4.78, 5) is 22.0. The Morgan fingerprint density at radius 1 is 1.07 bits per heavy atom. The van der Waals surface area contributed by atoms with E-state index < -0.39 is 11.9 Å². The zero-order valence-electron chi connectivity index (χ0n) is 21.8. The summed E-state index contributed by atoms with van der Waals surface area (Å²) >= 11 is 0. The number of furan rings is 1. The van der Waals surface area contributed by atoms with Crippen molar-refractivity contribution in [2.24, 2.45) is 7.05 Å². The van der Waals surface area contributed by atoms with Crippen molar-refractivity contribution in [3.05, 3.63) is 60.0 Å². The van der Waals surface area contributed by atoms with Crippen molar-refractivity contribution < 1.29 is 27.1 Å². The highest BCUT2D eigenvalue weighted by atomic mass is 19.4. The lowest BCUT2D eigenvalue weighted by Crippen LogP contribution is -2.06. The van der Waals surface area contributed by atoms with E-state index in [4.69, 9.17) is 18.9 Å². The molecule has 0 aliphatic heterocycles. The molecule has 0 radical (unpaired) electrons. The van der Waals surface area contributed by atoms with Crippen molar-refractivity contribution in [2.75, 3.05) is 19.5 Å². The van der Waals surface area contributed by atoms with Crippen molar-refractivity contribution in [3.8, 4) is 34.4 Å². The minimum atomic E-state index is -4.55. The van der Waals surface area contributed by atoms with Gasteiger partial charge in [0.05, 0.1) is 31.7 Å². The molecule has 10 nitrogen and oxygen atoms in total. The monoisotopic (exact) mass is 551 g/mol. The van der Waals surface area contributed by atoms with Gasteiger partial charge in [-0.15, -0.1) is 0 Å². The van der Waals surface area contributed by atoms with Gasteiger partial charge in [0.2, 0.25) is 5.88 Å². The van der Waals surface area contributed by atoms with Gasteiger partial charge in [-0.1, -0.05) is 6.07 Å². The van der Waals surface area contributed by atoms with Crippen molar-refractivity contribution in [1.82, 2.24) is 29.5 Å². The molecular formula is C27H24F3N7O3. The number of rotatable bonds is 8. The maximum Gasteiger partial charge on any atom is 0.434 e. The van der Waals surface area contributed by atoms with E-state index >= 15 is 0 Å². The van der Waals surface area contributed by atoms with Crippen LogP contribution in [0, 0.1) is 0 Å². The van der Waals surface area contributed by atoms with Gasteiger partial charge in [0.25, 0.3) is 0 Å². The lowest BCUT2D eigenvalue weighted by atomic mass is 10.1. The summed E-state index contributed by atoms with van der Waals surface area (Å²) in [6.07, 6.45) is 1.48. The number of fused-ring (bicyclic) bond motifs is 1. The number of nitrogens with zero attached hydrogens (tertiary/aromatic N) is 6. The second kappa shape index (κ2) is 9.81. The molecule has 1 aromatic carbocycles. The van der Waals surface area contributed by atoms with Crippen LogP contribution in [0.1, 0.15) is 35.7 Å². The quantitative estimate of drug-likeness (QED) is 0.263. The van der Waals surface area contributed by atoms with Gasteiger partial charge in [0, 0.05) is 31.8 Å². The zero-order chi connectivity index (χ0) is 28.0. The van der Waals surface area contributed by atoms with Crippen LogP contribution in [0.15, 0.2) is 47.5 Å². The first-order chi connectivity index (χ1) is 19.3. The summed E-state index contributed by atoms with van der Waals surface area (Å²) in [5.74, 6) is 2.11. The topological polar surface area (TPSA) is 113 Å². The highest BCUT2D eigenvalue weighted by molar-refractivity contribution is 5.86. The van der Waals surface area contributed by atoms with Crippen LogP contribution >= 0.6 is 0 Å². The average Bonchev–Trinajstić information content (AvgIpc) is 3.55. The van der Waals surface area contributed by atoms with E-state index in [1.807, 2.05) is 0 Å². The molecule has 40 heavy (non-hydrogen) atoms. The number of ether oxygens (including phenoxy) is 2. The largest absolute Gasteiger partial charge is 0.496 e. The van der Waals surface area contributed by atoms with Crippen LogP contribution in [-0.4, -0.2) is 43.7 Å². The van der Waals surface area contributed by atoms with Gasteiger partial charge in [-0.25, -0.2) is 24.9 Å². The van der Waals surface area contributed by atoms with Crippen LogP contribution in [-0.2, 0) is 19.8 Å². The molecule has 13 heteroatoms. The van der Waals surface area contributed by atoms with Gasteiger partial charge in [0.1, 0.15) is 29.0 Å². The van der Waals surface area contributed by atoms with Gasteiger partial charge in [-0.05, 0) is 30.5 Å². The van der Waals surface area contributed by atoms with Gasteiger partial charge < -0.3 is 23.8 Å². The molecule has 0 spiro atoms. The number of methoxy groups -OCH3 is 2. The molecule has 5 aromatic rings. The van der Waals surface area contributed by atoms with Gasteiger partial charge >= 0.3 is 6.18 Å². The van der Waals surface area contributed by atoms with Crippen molar-refractivity contribution in [1.29, 1.82) is 0 Å². The lowest BCUT2D eigenvalue weighted by Gasteiger charge is -2.13.